The molecule has 0 aromatic carbocycles. The van der Waals surface area contributed by atoms with Crippen molar-refractivity contribution in [2.24, 2.45) is 0 Å². The second-order valence-electron chi connectivity index (χ2n) is 4.52. The maximum absolute atomic E-state index is 11.0. The summed E-state index contributed by atoms with van der Waals surface area (Å²) in [6, 6.07) is 5.52. The molecule has 18 heavy (non-hydrogen) atoms. The van der Waals surface area contributed by atoms with Crippen LogP contribution in [-0.2, 0) is 6.54 Å². The lowest BCUT2D eigenvalue weighted by Crippen LogP contribution is -2.34. The van der Waals surface area contributed by atoms with Crippen LogP contribution in [0.25, 0.3) is 5.65 Å². The molecule has 6 heteroatoms. The van der Waals surface area contributed by atoms with Crippen molar-refractivity contribution >= 4 is 11.6 Å². The summed E-state index contributed by atoms with van der Waals surface area (Å²) >= 11 is 0. The molecule has 6 nitrogen and oxygen atoms in total. The molecule has 0 bridgehead atoms. The molecule has 0 radical (unpaired) electrons. The van der Waals surface area contributed by atoms with Crippen LogP contribution >= 0.6 is 0 Å². The molecule has 0 aliphatic heterocycles. The van der Waals surface area contributed by atoms with Gasteiger partial charge in [-0.2, -0.15) is 0 Å². The molecule has 2 aromatic rings. The minimum absolute atomic E-state index is 0.134. The van der Waals surface area contributed by atoms with Crippen LogP contribution in [0.15, 0.2) is 18.2 Å². The summed E-state index contributed by atoms with van der Waals surface area (Å²) in [4.78, 5) is 15.4. The van der Waals surface area contributed by atoms with Gasteiger partial charge in [0.25, 0.3) is 0 Å². The Morgan fingerprint density at radius 3 is 3.00 bits per heavy atom. The highest BCUT2D eigenvalue weighted by Gasteiger charge is 2.17. The third kappa shape index (κ3) is 1.95. The number of aromatic carboxylic acids is 1. The Balaban J connectivity index is 1.85. The second kappa shape index (κ2) is 4.38. The molecule has 0 amide bonds. The van der Waals surface area contributed by atoms with Gasteiger partial charge in [-0.05, 0) is 25.0 Å². The molecule has 1 fully saturated rings. The van der Waals surface area contributed by atoms with Crippen molar-refractivity contribution in [3.8, 4) is 0 Å². The topological polar surface area (TPSA) is 79.5 Å². The fraction of sp³-hybridized carbons (Fsp3) is 0.417. The van der Waals surface area contributed by atoms with Gasteiger partial charge in [-0.15, -0.1) is 5.10 Å². The van der Waals surface area contributed by atoms with Crippen LogP contribution in [0, 0.1) is 0 Å². The lowest BCUT2D eigenvalue weighted by atomic mass is 9.93. The number of nitrogens with one attached hydrogen (secondary N) is 1. The molecule has 0 saturated heterocycles. The maximum Gasteiger partial charge on any atom is 0.354 e. The number of carboxylic acids is 1. The van der Waals surface area contributed by atoms with Crippen LogP contribution in [0.5, 0.6) is 0 Å². The lowest BCUT2D eigenvalue weighted by Gasteiger charge is -2.25. The van der Waals surface area contributed by atoms with E-state index in [0.717, 1.165) is 0 Å². The van der Waals surface area contributed by atoms with Crippen molar-refractivity contribution in [1.82, 2.24) is 19.9 Å². The smallest absolute Gasteiger partial charge is 0.354 e. The first-order valence-electron chi connectivity index (χ1n) is 6.05. The SMILES string of the molecule is O=C(O)c1cccc2nc(CNC3CCC3)nn12. The Hall–Kier alpha value is -1.95. The molecule has 1 aliphatic rings. The Bertz CT molecular complexity index is 589. The largest absolute Gasteiger partial charge is 0.477 e. The summed E-state index contributed by atoms with van der Waals surface area (Å²) in [5.74, 6) is -0.361. The first kappa shape index (κ1) is 11.2. The molecule has 2 aromatic heterocycles. The Morgan fingerprint density at radius 2 is 2.33 bits per heavy atom. The van der Waals surface area contributed by atoms with Crippen molar-refractivity contribution in [1.29, 1.82) is 0 Å². The number of hydrogen-bond acceptors (Lipinski definition) is 4. The van der Waals surface area contributed by atoms with E-state index in [0.29, 0.717) is 24.1 Å². The highest BCUT2D eigenvalue weighted by molar-refractivity contribution is 5.86. The number of hydrogen-bond donors (Lipinski definition) is 2. The van der Waals surface area contributed by atoms with Gasteiger partial charge in [0.15, 0.2) is 17.2 Å². The van der Waals surface area contributed by atoms with Crippen molar-refractivity contribution in [2.75, 3.05) is 0 Å². The predicted molar refractivity (Wildman–Crippen MR) is 64.4 cm³/mol. The predicted octanol–water partition coefficient (Wildman–Crippen LogP) is 1.07. The van der Waals surface area contributed by atoms with Crippen LogP contribution in [0.3, 0.4) is 0 Å². The number of fused-ring (bicyclic) bond motifs is 1. The van der Waals surface area contributed by atoms with E-state index in [1.165, 1.54) is 29.8 Å². The van der Waals surface area contributed by atoms with E-state index in [1.54, 1.807) is 12.1 Å². The zero-order valence-corrected chi connectivity index (χ0v) is 9.83. The van der Waals surface area contributed by atoms with Crippen molar-refractivity contribution < 1.29 is 9.90 Å². The number of aromatic nitrogens is 3. The molecular formula is C12H14N4O2. The van der Waals surface area contributed by atoms with E-state index in [2.05, 4.69) is 15.4 Å². The summed E-state index contributed by atoms with van der Waals surface area (Å²) in [5.41, 5.74) is 0.704. The third-order valence-electron chi connectivity index (χ3n) is 3.28. The summed E-state index contributed by atoms with van der Waals surface area (Å²) in [6.07, 6.45) is 3.68. The normalized spacial score (nSPS) is 15.8. The molecule has 94 valence electrons. The molecule has 2 heterocycles. The van der Waals surface area contributed by atoms with Gasteiger partial charge in [0.2, 0.25) is 0 Å². The van der Waals surface area contributed by atoms with Crippen molar-refractivity contribution in [3.63, 3.8) is 0 Å². The minimum atomic E-state index is -0.996. The quantitative estimate of drug-likeness (QED) is 0.843. The number of carbonyl (C=O) groups is 1. The van der Waals surface area contributed by atoms with Gasteiger partial charge in [0.1, 0.15) is 0 Å². The average Bonchev–Trinajstić information content (AvgIpc) is 2.68. The number of carboxylic acid groups (broad SMARTS) is 1. The number of rotatable bonds is 4. The van der Waals surface area contributed by atoms with Gasteiger partial charge in [0, 0.05) is 6.04 Å². The molecule has 1 saturated carbocycles. The van der Waals surface area contributed by atoms with Gasteiger partial charge >= 0.3 is 5.97 Å². The lowest BCUT2D eigenvalue weighted by molar-refractivity contribution is 0.0687. The summed E-state index contributed by atoms with van der Waals surface area (Å²) in [5, 5.41) is 16.6. The Kier molecular flexibility index (Phi) is 2.71. The highest BCUT2D eigenvalue weighted by atomic mass is 16.4. The molecule has 2 N–H and O–H groups in total. The van der Waals surface area contributed by atoms with Gasteiger partial charge in [-0.1, -0.05) is 12.5 Å². The summed E-state index contributed by atoms with van der Waals surface area (Å²) < 4.78 is 1.38. The van der Waals surface area contributed by atoms with E-state index in [9.17, 15) is 4.79 Å². The molecule has 1 aliphatic carbocycles. The number of pyridine rings is 1. The first-order chi connectivity index (χ1) is 8.74. The monoisotopic (exact) mass is 246 g/mol. The van der Waals surface area contributed by atoms with Crippen LogP contribution in [-0.4, -0.2) is 31.7 Å². The van der Waals surface area contributed by atoms with Gasteiger partial charge < -0.3 is 10.4 Å². The summed E-state index contributed by atoms with van der Waals surface area (Å²) in [7, 11) is 0. The van der Waals surface area contributed by atoms with Crippen molar-refractivity contribution in [3.05, 3.63) is 29.7 Å². The Labute approximate surface area is 104 Å². The zero-order chi connectivity index (χ0) is 12.5. The van der Waals surface area contributed by atoms with E-state index in [4.69, 9.17) is 5.11 Å². The fourth-order valence-corrected chi connectivity index (χ4v) is 2.03. The van der Waals surface area contributed by atoms with E-state index in [-0.39, 0.29) is 5.69 Å². The van der Waals surface area contributed by atoms with Gasteiger partial charge in [-0.3, -0.25) is 0 Å². The van der Waals surface area contributed by atoms with Crippen LogP contribution < -0.4 is 5.32 Å². The van der Waals surface area contributed by atoms with Gasteiger partial charge in [-0.25, -0.2) is 14.3 Å². The van der Waals surface area contributed by atoms with Crippen LogP contribution in [0.2, 0.25) is 0 Å². The molecular weight excluding hydrogens is 232 g/mol. The molecule has 3 rings (SSSR count). The Morgan fingerprint density at radius 1 is 1.50 bits per heavy atom. The molecule has 0 unspecified atom stereocenters. The van der Waals surface area contributed by atoms with E-state index >= 15 is 0 Å². The average molecular weight is 246 g/mol. The minimum Gasteiger partial charge on any atom is -0.477 e. The van der Waals surface area contributed by atoms with Crippen molar-refractivity contribution in [2.45, 2.75) is 31.8 Å². The third-order valence-corrected chi connectivity index (χ3v) is 3.28. The van der Waals surface area contributed by atoms with E-state index in [1.807, 2.05) is 0 Å². The van der Waals surface area contributed by atoms with Crippen LogP contribution in [0.4, 0.5) is 0 Å². The molecule has 0 atom stereocenters. The van der Waals surface area contributed by atoms with Crippen LogP contribution in [0.1, 0.15) is 35.6 Å². The maximum atomic E-state index is 11.0. The highest BCUT2D eigenvalue weighted by Crippen LogP contribution is 2.18. The van der Waals surface area contributed by atoms with Gasteiger partial charge in [0.05, 0.1) is 6.54 Å². The fourth-order valence-electron chi connectivity index (χ4n) is 2.03. The first-order valence-corrected chi connectivity index (χ1v) is 6.05. The standard InChI is InChI=1S/C12H14N4O2/c17-12(18)9-5-2-6-11-14-10(15-16(9)11)7-13-8-3-1-4-8/h2,5-6,8,13H,1,3-4,7H2,(H,17,18). The molecule has 0 spiro atoms. The summed E-state index contributed by atoms with van der Waals surface area (Å²) in [6.45, 7) is 0.589. The number of nitrogens with zero attached hydrogens (tertiary/aromatic N) is 3. The van der Waals surface area contributed by atoms with E-state index < -0.39 is 5.97 Å². The second-order valence-corrected chi connectivity index (χ2v) is 4.52. The zero-order valence-electron chi connectivity index (χ0n) is 9.83.